The van der Waals surface area contributed by atoms with Gasteiger partial charge in [-0.15, -0.1) is 20.5 Å². The van der Waals surface area contributed by atoms with E-state index in [1.54, 1.807) is 12.1 Å². The van der Waals surface area contributed by atoms with E-state index in [1.807, 2.05) is 62.4 Å². The normalized spacial score (nSPS) is 11.3. The zero-order chi connectivity index (χ0) is 18.9. The first-order valence-corrected chi connectivity index (χ1v) is 8.76. The van der Waals surface area contributed by atoms with E-state index in [9.17, 15) is 0 Å². The molecule has 0 fully saturated rings. The number of aromatic amines is 1. The maximum atomic E-state index is 5.54. The van der Waals surface area contributed by atoms with E-state index in [0.29, 0.717) is 47.7 Å². The minimum atomic E-state index is 0.572. The molecule has 0 radical (unpaired) electrons. The lowest BCUT2D eigenvalue weighted by Gasteiger charge is -2.04. The van der Waals surface area contributed by atoms with Gasteiger partial charge in [0.15, 0.2) is 11.6 Å². The molecule has 0 bridgehead atoms. The van der Waals surface area contributed by atoms with Gasteiger partial charge in [-0.2, -0.15) is 0 Å². The van der Waals surface area contributed by atoms with Crippen LogP contribution in [0.4, 0.5) is 23.0 Å². The topological polar surface area (TPSA) is 83.7 Å². The quantitative estimate of drug-likeness (QED) is 0.455. The van der Waals surface area contributed by atoms with Crippen LogP contribution in [-0.2, 0) is 0 Å². The van der Waals surface area contributed by atoms with Gasteiger partial charge in [-0.1, -0.05) is 24.3 Å². The lowest BCUT2D eigenvalue weighted by Crippen LogP contribution is -1.90. The molecule has 1 heterocycles. The van der Waals surface area contributed by atoms with Crippen LogP contribution < -0.4 is 9.47 Å². The van der Waals surface area contributed by atoms with Crippen LogP contribution in [0.25, 0.3) is 0 Å². The highest BCUT2D eigenvalue weighted by Gasteiger charge is 2.03. The molecule has 2 aromatic carbocycles. The SMILES string of the molecule is CCOc1ccccc1N=Nc1ccc(N=Nc2ccccc2OCC)[nH]1. The van der Waals surface area contributed by atoms with Crippen molar-refractivity contribution < 1.29 is 9.47 Å². The molecule has 0 unspecified atom stereocenters. The van der Waals surface area contributed by atoms with Crippen molar-refractivity contribution in [3.63, 3.8) is 0 Å². The summed E-state index contributed by atoms with van der Waals surface area (Å²) in [6.45, 7) is 5.01. The van der Waals surface area contributed by atoms with Crippen LogP contribution in [0.3, 0.4) is 0 Å². The van der Waals surface area contributed by atoms with Gasteiger partial charge in [-0.25, -0.2) is 0 Å². The van der Waals surface area contributed by atoms with E-state index in [0.717, 1.165) is 0 Å². The van der Waals surface area contributed by atoms with Gasteiger partial charge in [0.1, 0.15) is 22.9 Å². The van der Waals surface area contributed by atoms with E-state index in [1.165, 1.54) is 0 Å². The maximum Gasteiger partial charge on any atom is 0.154 e. The first-order chi connectivity index (χ1) is 13.3. The van der Waals surface area contributed by atoms with Crippen molar-refractivity contribution >= 4 is 23.0 Å². The molecule has 0 saturated heterocycles. The Morgan fingerprint density at radius 1 is 0.630 bits per heavy atom. The Labute approximate surface area is 157 Å². The first kappa shape index (κ1) is 18.3. The average molecular weight is 363 g/mol. The average Bonchev–Trinajstić information content (AvgIpc) is 3.15. The molecule has 0 aliphatic heterocycles. The van der Waals surface area contributed by atoms with E-state index in [4.69, 9.17) is 9.47 Å². The summed E-state index contributed by atoms with van der Waals surface area (Å²) in [4.78, 5) is 3.05. The number of H-pyrrole nitrogens is 1. The van der Waals surface area contributed by atoms with Crippen LogP contribution in [-0.4, -0.2) is 18.2 Å². The second kappa shape index (κ2) is 9.28. The van der Waals surface area contributed by atoms with Crippen molar-refractivity contribution in [2.75, 3.05) is 13.2 Å². The van der Waals surface area contributed by atoms with Crippen LogP contribution in [0.15, 0.2) is 81.1 Å². The summed E-state index contributed by atoms with van der Waals surface area (Å²) in [6.07, 6.45) is 0. The van der Waals surface area contributed by atoms with Gasteiger partial charge in [-0.3, -0.25) is 0 Å². The summed E-state index contributed by atoms with van der Waals surface area (Å²) in [5, 5.41) is 16.9. The fraction of sp³-hybridized carbons (Fsp3) is 0.200. The molecule has 7 nitrogen and oxygen atoms in total. The maximum absolute atomic E-state index is 5.54. The zero-order valence-corrected chi connectivity index (χ0v) is 15.3. The Morgan fingerprint density at radius 2 is 1.07 bits per heavy atom. The van der Waals surface area contributed by atoms with Crippen molar-refractivity contribution in [1.29, 1.82) is 0 Å². The summed E-state index contributed by atoms with van der Waals surface area (Å²) in [7, 11) is 0. The largest absolute Gasteiger partial charge is 0.492 e. The number of benzene rings is 2. The molecule has 7 heteroatoms. The van der Waals surface area contributed by atoms with Crippen molar-refractivity contribution in [2.45, 2.75) is 13.8 Å². The third kappa shape index (κ3) is 5.01. The predicted octanol–water partition coefficient (Wildman–Crippen LogP) is 6.64. The molecule has 1 aromatic heterocycles. The lowest BCUT2D eigenvalue weighted by atomic mass is 10.3. The molecule has 1 N–H and O–H groups in total. The molecule has 0 aliphatic carbocycles. The fourth-order valence-electron chi connectivity index (χ4n) is 2.34. The highest BCUT2D eigenvalue weighted by molar-refractivity contribution is 5.52. The molecule has 0 spiro atoms. The second-order valence-corrected chi connectivity index (χ2v) is 5.43. The highest BCUT2D eigenvalue weighted by atomic mass is 16.5. The van der Waals surface area contributed by atoms with Gasteiger partial charge >= 0.3 is 0 Å². The Bertz CT molecular complexity index is 859. The third-order valence-corrected chi connectivity index (χ3v) is 3.52. The van der Waals surface area contributed by atoms with E-state index < -0.39 is 0 Å². The molecule has 0 amide bonds. The monoisotopic (exact) mass is 363 g/mol. The summed E-state index contributed by atoms with van der Waals surface area (Å²) in [5.41, 5.74) is 1.34. The molecule has 138 valence electrons. The van der Waals surface area contributed by atoms with Gasteiger partial charge in [-0.05, 0) is 50.2 Å². The first-order valence-electron chi connectivity index (χ1n) is 8.76. The lowest BCUT2D eigenvalue weighted by molar-refractivity contribution is 0.341. The van der Waals surface area contributed by atoms with Gasteiger partial charge in [0.05, 0.1) is 13.2 Å². The molecule has 3 aromatic rings. The molecule has 0 aliphatic rings. The van der Waals surface area contributed by atoms with Crippen LogP contribution in [0.1, 0.15) is 13.8 Å². The number of nitrogens with one attached hydrogen (secondary N) is 1. The molecule has 27 heavy (non-hydrogen) atoms. The van der Waals surface area contributed by atoms with Crippen LogP contribution in [0, 0.1) is 0 Å². The van der Waals surface area contributed by atoms with E-state index >= 15 is 0 Å². The number of nitrogens with zero attached hydrogens (tertiary/aromatic N) is 4. The van der Waals surface area contributed by atoms with Crippen LogP contribution >= 0.6 is 0 Å². The van der Waals surface area contributed by atoms with Crippen molar-refractivity contribution in [3.8, 4) is 11.5 Å². The summed E-state index contributed by atoms with van der Waals surface area (Å²) in [6, 6.07) is 18.6. The number of rotatable bonds is 8. The van der Waals surface area contributed by atoms with E-state index in [-0.39, 0.29) is 0 Å². The minimum Gasteiger partial charge on any atom is -0.492 e. The standard InChI is InChI=1S/C20H21N5O2/c1-3-26-17-11-7-5-9-15(17)22-24-19-13-14-20(21-19)25-23-16-10-6-8-12-18(16)27-4-2/h5-14,21H,3-4H2,1-2H3. The van der Waals surface area contributed by atoms with Crippen molar-refractivity contribution in [1.82, 2.24) is 4.98 Å². The number of aromatic nitrogens is 1. The van der Waals surface area contributed by atoms with Gasteiger partial charge in [0.25, 0.3) is 0 Å². The van der Waals surface area contributed by atoms with Gasteiger partial charge in [0, 0.05) is 0 Å². The van der Waals surface area contributed by atoms with Crippen molar-refractivity contribution in [3.05, 3.63) is 60.7 Å². The molecular weight excluding hydrogens is 342 g/mol. The fourth-order valence-corrected chi connectivity index (χ4v) is 2.34. The second-order valence-electron chi connectivity index (χ2n) is 5.43. The van der Waals surface area contributed by atoms with Crippen LogP contribution in [0.5, 0.6) is 11.5 Å². The highest BCUT2D eigenvalue weighted by Crippen LogP contribution is 2.31. The Hall–Kier alpha value is -3.48. The Morgan fingerprint density at radius 3 is 1.52 bits per heavy atom. The van der Waals surface area contributed by atoms with E-state index in [2.05, 4.69) is 25.4 Å². The van der Waals surface area contributed by atoms with Gasteiger partial charge < -0.3 is 14.5 Å². The zero-order valence-electron chi connectivity index (χ0n) is 15.3. The third-order valence-electron chi connectivity index (χ3n) is 3.52. The number of ether oxygens (including phenoxy) is 2. The number of hydrogen-bond donors (Lipinski definition) is 1. The molecular formula is C20H21N5O2. The number of azo groups is 2. The summed E-state index contributed by atoms with van der Waals surface area (Å²) >= 11 is 0. The Kier molecular flexibility index (Phi) is 6.30. The number of hydrogen-bond acceptors (Lipinski definition) is 6. The molecule has 3 rings (SSSR count). The smallest absolute Gasteiger partial charge is 0.154 e. The van der Waals surface area contributed by atoms with Crippen LogP contribution in [0.2, 0.25) is 0 Å². The summed E-state index contributed by atoms with van der Waals surface area (Å²) < 4.78 is 11.1. The molecule has 0 atom stereocenters. The summed E-state index contributed by atoms with van der Waals surface area (Å²) in [5.74, 6) is 2.55. The Balaban J connectivity index is 1.72. The molecule has 0 saturated carbocycles. The van der Waals surface area contributed by atoms with Gasteiger partial charge in [0.2, 0.25) is 0 Å². The minimum absolute atomic E-state index is 0.572. The number of para-hydroxylation sites is 2. The predicted molar refractivity (Wildman–Crippen MR) is 104 cm³/mol. The van der Waals surface area contributed by atoms with Crippen molar-refractivity contribution in [2.24, 2.45) is 20.5 Å².